The molecular weight excluding hydrogens is 352 g/mol. The number of benzene rings is 1. The number of carbonyl (C=O) groups is 2. The maximum absolute atomic E-state index is 13.0. The van der Waals surface area contributed by atoms with Crippen molar-refractivity contribution in [3.05, 3.63) is 34.9 Å². The van der Waals surface area contributed by atoms with Crippen LogP contribution in [0, 0.1) is 5.92 Å². The highest BCUT2D eigenvalue weighted by Gasteiger charge is 2.33. The fraction of sp³-hybridized carbons (Fsp3) is 0.652. The van der Waals surface area contributed by atoms with Crippen LogP contribution >= 0.6 is 0 Å². The van der Waals surface area contributed by atoms with Crippen LogP contribution in [0.15, 0.2) is 18.2 Å². The number of morpholine rings is 1. The van der Waals surface area contributed by atoms with Crippen molar-refractivity contribution in [3.63, 3.8) is 0 Å². The third kappa shape index (κ3) is 4.09. The summed E-state index contributed by atoms with van der Waals surface area (Å²) in [5, 5.41) is 0. The van der Waals surface area contributed by atoms with E-state index in [1.807, 2.05) is 29.7 Å². The summed E-state index contributed by atoms with van der Waals surface area (Å²) in [6.07, 6.45) is 6.40. The summed E-state index contributed by atoms with van der Waals surface area (Å²) in [5.41, 5.74) is 3.56. The maximum Gasteiger partial charge on any atom is 0.253 e. The van der Waals surface area contributed by atoms with Crippen LogP contribution in [0.5, 0.6) is 0 Å². The largest absolute Gasteiger partial charge is 0.372 e. The zero-order chi connectivity index (χ0) is 19.7. The molecule has 2 fully saturated rings. The van der Waals surface area contributed by atoms with Gasteiger partial charge in [-0.1, -0.05) is 6.07 Å². The van der Waals surface area contributed by atoms with E-state index >= 15 is 0 Å². The van der Waals surface area contributed by atoms with E-state index in [1.165, 1.54) is 24.0 Å². The highest BCUT2D eigenvalue weighted by atomic mass is 16.5. The molecule has 0 N–H and O–H groups in total. The first-order chi connectivity index (χ1) is 13.5. The Labute approximate surface area is 168 Å². The van der Waals surface area contributed by atoms with Crippen molar-refractivity contribution in [2.24, 2.45) is 5.92 Å². The van der Waals surface area contributed by atoms with Crippen LogP contribution in [0.1, 0.15) is 61.0 Å². The highest BCUT2D eigenvalue weighted by molar-refractivity contribution is 5.94. The van der Waals surface area contributed by atoms with Crippen molar-refractivity contribution in [1.82, 2.24) is 9.80 Å². The molecule has 0 spiro atoms. The van der Waals surface area contributed by atoms with Gasteiger partial charge in [-0.25, -0.2) is 0 Å². The molecule has 0 aromatic heterocycles. The van der Waals surface area contributed by atoms with Gasteiger partial charge < -0.3 is 14.5 Å². The number of carbonyl (C=O) groups excluding carboxylic acids is 2. The van der Waals surface area contributed by atoms with Crippen molar-refractivity contribution in [1.29, 1.82) is 0 Å². The second kappa shape index (κ2) is 8.24. The average molecular weight is 385 g/mol. The van der Waals surface area contributed by atoms with E-state index in [0.29, 0.717) is 26.2 Å². The molecular formula is C23H32N2O3. The number of fused-ring (bicyclic) bond motifs is 1. The van der Waals surface area contributed by atoms with Gasteiger partial charge in [0.05, 0.1) is 12.2 Å². The van der Waals surface area contributed by atoms with Crippen molar-refractivity contribution in [2.45, 2.75) is 64.6 Å². The zero-order valence-corrected chi connectivity index (χ0v) is 17.2. The third-order valence-electron chi connectivity index (χ3n) is 6.46. The summed E-state index contributed by atoms with van der Waals surface area (Å²) in [4.78, 5) is 29.8. The monoisotopic (exact) mass is 384 g/mol. The maximum atomic E-state index is 13.0. The van der Waals surface area contributed by atoms with E-state index in [0.717, 1.165) is 31.2 Å². The molecule has 2 amide bonds. The SMILES string of the molecule is C[C@@H]1CN(C(=O)C2CCN(C(=O)c3ccc4c(c3)CCCC4)CC2)C[C@H](C)O1. The number of hydrogen-bond donors (Lipinski definition) is 0. The Morgan fingerprint density at radius 3 is 2.25 bits per heavy atom. The number of piperidine rings is 1. The van der Waals surface area contributed by atoms with Crippen molar-refractivity contribution < 1.29 is 14.3 Å². The molecule has 5 heteroatoms. The molecule has 2 saturated heterocycles. The lowest BCUT2D eigenvalue weighted by molar-refractivity contribution is -0.148. The van der Waals surface area contributed by atoms with E-state index in [-0.39, 0.29) is 29.9 Å². The predicted octanol–water partition coefficient (Wildman–Crippen LogP) is 3.05. The Bertz CT molecular complexity index is 729. The average Bonchev–Trinajstić information content (AvgIpc) is 2.72. The Balaban J connectivity index is 1.35. The minimum absolute atomic E-state index is 0.0325. The van der Waals surface area contributed by atoms with Gasteiger partial charge in [-0.15, -0.1) is 0 Å². The molecule has 0 bridgehead atoms. The molecule has 28 heavy (non-hydrogen) atoms. The van der Waals surface area contributed by atoms with Crippen LogP contribution in [0.2, 0.25) is 0 Å². The van der Waals surface area contributed by atoms with Gasteiger partial charge in [0, 0.05) is 37.7 Å². The lowest BCUT2D eigenvalue weighted by Crippen LogP contribution is -2.51. The number of aryl methyl sites for hydroxylation is 2. The summed E-state index contributed by atoms with van der Waals surface area (Å²) in [6, 6.07) is 6.23. The summed E-state index contributed by atoms with van der Waals surface area (Å²) >= 11 is 0. The fourth-order valence-corrected chi connectivity index (χ4v) is 4.99. The number of likely N-dealkylation sites (tertiary alicyclic amines) is 1. The summed E-state index contributed by atoms with van der Waals surface area (Å²) in [6.45, 7) is 6.74. The Morgan fingerprint density at radius 2 is 1.57 bits per heavy atom. The first kappa shape index (κ1) is 19.4. The summed E-state index contributed by atoms with van der Waals surface area (Å²) < 4.78 is 5.74. The molecule has 3 aliphatic rings. The second-order valence-electron chi connectivity index (χ2n) is 8.76. The molecule has 152 valence electrons. The molecule has 2 aliphatic heterocycles. The lowest BCUT2D eigenvalue weighted by Gasteiger charge is -2.39. The predicted molar refractivity (Wildman–Crippen MR) is 108 cm³/mol. The van der Waals surface area contributed by atoms with E-state index in [4.69, 9.17) is 4.74 Å². The first-order valence-corrected chi connectivity index (χ1v) is 10.9. The van der Waals surface area contributed by atoms with Crippen LogP contribution in [0.25, 0.3) is 0 Å². The molecule has 2 atom stereocenters. The summed E-state index contributed by atoms with van der Waals surface area (Å²) in [7, 11) is 0. The van der Waals surface area contributed by atoms with E-state index in [2.05, 4.69) is 12.1 Å². The summed E-state index contributed by atoms with van der Waals surface area (Å²) in [5.74, 6) is 0.390. The third-order valence-corrected chi connectivity index (χ3v) is 6.46. The highest BCUT2D eigenvalue weighted by Crippen LogP contribution is 2.26. The number of amides is 2. The van der Waals surface area contributed by atoms with Gasteiger partial charge in [-0.3, -0.25) is 9.59 Å². The van der Waals surface area contributed by atoms with Crippen molar-refractivity contribution in [2.75, 3.05) is 26.2 Å². The van der Waals surface area contributed by atoms with Crippen LogP contribution < -0.4 is 0 Å². The standard InChI is InChI=1S/C23H32N2O3/c1-16-14-25(15-17(2)28-16)22(26)19-9-11-24(12-10-19)23(27)21-8-7-18-5-3-4-6-20(18)13-21/h7-8,13,16-17,19H,3-6,9-12,14-15H2,1-2H3/t16-,17+. The normalized spacial score (nSPS) is 26.1. The van der Waals surface area contributed by atoms with E-state index in [9.17, 15) is 9.59 Å². The van der Waals surface area contributed by atoms with Gasteiger partial charge >= 0.3 is 0 Å². The number of hydrogen-bond acceptors (Lipinski definition) is 3. The van der Waals surface area contributed by atoms with Gasteiger partial charge in [0.15, 0.2) is 0 Å². The fourth-order valence-electron chi connectivity index (χ4n) is 4.99. The lowest BCUT2D eigenvalue weighted by atomic mass is 9.90. The first-order valence-electron chi connectivity index (χ1n) is 10.9. The van der Waals surface area contributed by atoms with Gasteiger partial charge in [-0.2, -0.15) is 0 Å². The number of ether oxygens (including phenoxy) is 1. The van der Waals surface area contributed by atoms with E-state index < -0.39 is 0 Å². The Hall–Kier alpha value is -1.88. The molecule has 0 unspecified atom stereocenters. The van der Waals surface area contributed by atoms with Gasteiger partial charge in [0.1, 0.15) is 0 Å². The molecule has 5 nitrogen and oxygen atoms in total. The minimum atomic E-state index is 0.0325. The molecule has 4 rings (SSSR count). The van der Waals surface area contributed by atoms with Crippen molar-refractivity contribution >= 4 is 11.8 Å². The smallest absolute Gasteiger partial charge is 0.253 e. The van der Waals surface area contributed by atoms with Crippen LogP contribution in [-0.2, 0) is 22.4 Å². The topological polar surface area (TPSA) is 49.9 Å². The van der Waals surface area contributed by atoms with Crippen LogP contribution in [0.3, 0.4) is 0 Å². The number of nitrogens with zero attached hydrogens (tertiary/aromatic N) is 2. The Morgan fingerprint density at radius 1 is 0.929 bits per heavy atom. The molecule has 2 heterocycles. The van der Waals surface area contributed by atoms with Crippen LogP contribution in [0.4, 0.5) is 0 Å². The van der Waals surface area contributed by atoms with Gasteiger partial charge in [0.25, 0.3) is 5.91 Å². The minimum Gasteiger partial charge on any atom is -0.372 e. The quantitative estimate of drug-likeness (QED) is 0.787. The van der Waals surface area contributed by atoms with Crippen molar-refractivity contribution in [3.8, 4) is 0 Å². The molecule has 0 saturated carbocycles. The molecule has 1 aromatic carbocycles. The van der Waals surface area contributed by atoms with Crippen LogP contribution in [-0.4, -0.2) is 60.0 Å². The zero-order valence-electron chi connectivity index (χ0n) is 17.2. The van der Waals surface area contributed by atoms with Gasteiger partial charge in [0.2, 0.25) is 5.91 Å². The number of rotatable bonds is 2. The molecule has 1 aliphatic carbocycles. The second-order valence-corrected chi connectivity index (χ2v) is 8.76. The Kier molecular flexibility index (Phi) is 5.72. The van der Waals surface area contributed by atoms with E-state index in [1.54, 1.807) is 0 Å². The van der Waals surface area contributed by atoms with Gasteiger partial charge in [-0.05, 0) is 75.6 Å². The molecule has 1 aromatic rings. The molecule has 0 radical (unpaired) electrons.